The molecule has 3 heteroatoms. The van der Waals surface area contributed by atoms with Crippen LogP contribution in [-0.4, -0.2) is 19.3 Å². The molecule has 0 radical (unpaired) electrons. The van der Waals surface area contributed by atoms with E-state index in [0.29, 0.717) is 11.5 Å². The summed E-state index contributed by atoms with van der Waals surface area (Å²) in [6.07, 6.45) is 4.65. The molecule has 1 aliphatic carbocycles. The zero-order valence-electron chi connectivity index (χ0n) is 6.68. The predicted molar refractivity (Wildman–Crippen MR) is 40.7 cm³/mol. The molecule has 1 aliphatic heterocycles. The molecule has 1 N–H and O–H groups in total. The van der Waals surface area contributed by atoms with Crippen molar-refractivity contribution in [2.45, 2.75) is 31.7 Å². The summed E-state index contributed by atoms with van der Waals surface area (Å²) in [4.78, 5) is 0. The standard InChI is InChI=1S/C8H14N2O/c9-10-7-1-3-8(4-2-7)5-11-6-8/h7,9H,1-6H2. The lowest BCUT2D eigenvalue weighted by atomic mass is 9.71. The van der Waals surface area contributed by atoms with Crippen molar-refractivity contribution >= 4 is 0 Å². The first-order chi connectivity index (χ1) is 5.35. The summed E-state index contributed by atoms with van der Waals surface area (Å²) in [7, 11) is 0. The second-order valence-corrected chi connectivity index (χ2v) is 3.85. The van der Waals surface area contributed by atoms with Gasteiger partial charge in [-0.3, -0.25) is 0 Å². The molecule has 2 fully saturated rings. The second-order valence-electron chi connectivity index (χ2n) is 3.85. The number of nitrogens with zero attached hydrogens (tertiary/aromatic N) is 1. The highest BCUT2D eigenvalue weighted by Crippen LogP contribution is 2.42. The number of ether oxygens (including phenoxy) is 1. The van der Waals surface area contributed by atoms with E-state index in [0.717, 1.165) is 26.1 Å². The van der Waals surface area contributed by atoms with Crippen molar-refractivity contribution in [3.63, 3.8) is 0 Å². The molecule has 0 atom stereocenters. The van der Waals surface area contributed by atoms with Crippen molar-refractivity contribution in [1.29, 1.82) is 5.53 Å². The van der Waals surface area contributed by atoms with Gasteiger partial charge in [-0.2, -0.15) is 5.11 Å². The maximum Gasteiger partial charge on any atom is 0.0706 e. The average molecular weight is 154 g/mol. The molecule has 0 aromatic rings. The molecule has 1 saturated carbocycles. The van der Waals surface area contributed by atoms with Gasteiger partial charge in [0, 0.05) is 5.41 Å². The molecule has 0 bridgehead atoms. The second kappa shape index (κ2) is 2.55. The quantitative estimate of drug-likeness (QED) is 0.577. The fourth-order valence-electron chi connectivity index (χ4n) is 2.02. The van der Waals surface area contributed by atoms with Crippen LogP contribution in [0.1, 0.15) is 25.7 Å². The van der Waals surface area contributed by atoms with E-state index in [1.54, 1.807) is 0 Å². The van der Waals surface area contributed by atoms with Crippen LogP contribution < -0.4 is 0 Å². The van der Waals surface area contributed by atoms with Crippen LogP contribution in [-0.2, 0) is 4.74 Å². The molecule has 1 saturated heterocycles. The van der Waals surface area contributed by atoms with E-state index in [-0.39, 0.29) is 0 Å². The Balaban J connectivity index is 1.88. The van der Waals surface area contributed by atoms with E-state index in [1.165, 1.54) is 12.8 Å². The van der Waals surface area contributed by atoms with Crippen molar-refractivity contribution in [2.24, 2.45) is 10.5 Å². The number of rotatable bonds is 1. The van der Waals surface area contributed by atoms with Gasteiger partial charge in [0.1, 0.15) is 0 Å². The van der Waals surface area contributed by atoms with Crippen LogP contribution in [0.3, 0.4) is 0 Å². The van der Waals surface area contributed by atoms with Gasteiger partial charge in [-0.1, -0.05) is 0 Å². The zero-order valence-corrected chi connectivity index (χ0v) is 6.68. The van der Waals surface area contributed by atoms with Gasteiger partial charge in [-0.05, 0) is 25.7 Å². The molecule has 0 amide bonds. The monoisotopic (exact) mass is 154 g/mol. The third-order valence-electron chi connectivity index (χ3n) is 3.01. The van der Waals surface area contributed by atoms with Crippen molar-refractivity contribution in [2.75, 3.05) is 13.2 Å². The minimum Gasteiger partial charge on any atom is -0.380 e. The summed E-state index contributed by atoms with van der Waals surface area (Å²) in [5.41, 5.74) is 7.41. The molecular formula is C8H14N2O. The maximum atomic E-state index is 6.90. The fraction of sp³-hybridized carbons (Fsp3) is 1.00. The lowest BCUT2D eigenvalue weighted by Gasteiger charge is -2.45. The van der Waals surface area contributed by atoms with Crippen LogP contribution in [0, 0.1) is 10.9 Å². The minimum atomic E-state index is 0.321. The average Bonchev–Trinajstić information content (AvgIpc) is 2.02. The molecule has 0 aromatic carbocycles. The molecule has 0 unspecified atom stereocenters. The Morgan fingerprint density at radius 3 is 2.27 bits per heavy atom. The predicted octanol–water partition coefficient (Wildman–Crippen LogP) is 1.98. The van der Waals surface area contributed by atoms with Crippen molar-refractivity contribution < 1.29 is 4.74 Å². The van der Waals surface area contributed by atoms with Crippen molar-refractivity contribution in [1.82, 2.24) is 0 Å². The summed E-state index contributed by atoms with van der Waals surface area (Å²) in [6, 6.07) is 0.321. The number of nitrogens with one attached hydrogen (secondary N) is 1. The molecule has 2 rings (SSSR count). The van der Waals surface area contributed by atoms with Crippen molar-refractivity contribution in [3.8, 4) is 0 Å². The van der Waals surface area contributed by atoms with Gasteiger partial charge in [0.05, 0.1) is 19.3 Å². The van der Waals surface area contributed by atoms with Gasteiger partial charge < -0.3 is 4.74 Å². The summed E-state index contributed by atoms with van der Waals surface area (Å²) in [5, 5.41) is 3.58. The maximum absolute atomic E-state index is 6.90. The van der Waals surface area contributed by atoms with Crippen molar-refractivity contribution in [3.05, 3.63) is 0 Å². The minimum absolute atomic E-state index is 0.321. The summed E-state index contributed by atoms with van der Waals surface area (Å²) >= 11 is 0. The van der Waals surface area contributed by atoms with Gasteiger partial charge >= 0.3 is 0 Å². The molecule has 0 aromatic heterocycles. The smallest absolute Gasteiger partial charge is 0.0706 e. The van der Waals surface area contributed by atoms with Gasteiger partial charge in [0.15, 0.2) is 0 Å². The Labute approximate surface area is 66.6 Å². The van der Waals surface area contributed by atoms with Crippen LogP contribution in [0.25, 0.3) is 0 Å². The number of hydrogen-bond acceptors (Lipinski definition) is 3. The molecule has 2 aliphatic rings. The third-order valence-corrected chi connectivity index (χ3v) is 3.01. The van der Waals surface area contributed by atoms with E-state index in [4.69, 9.17) is 10.3 Å². The van der Waals surface area contributed by atoms with Gasteiger partial charge in [-0.25, -0.2) is 5.53 Å². The van der Waals surface area contributed by atoms with E-state index in [1.807, 2.05) is 0 Å². The first-order valence-electron chi connectivity index (χ1n) is 4.29. The molecule has 1 spiro atoms. The highest BCUT2D eigenvalue weighted by Gasteiger charge is 2.41. The topological polar surface area (TPSA) is 45.4 Å². The third kappa shape index (κ3) is 1.18. The zero-order chi connectivity index (χ0) is 7.73. The van der Waals surface area contributed by atoms with Crippen LogP contribution in [0.15, 0.2) is 5.11 Å². The highest BCUT2D eigenvalue weighted by atomic mass is 16.5. The van der Waals surface area contributed by atoms with Crippen LogP contribution in [0.5, 0.6) is 0 Å². The summed E-state index contributed by atoms with van der Waals surface area (Å²) < 4.78 is 5.21. The van der Waals surface area contributed by atoms with E-state index >= 15 is 0 Å². The van der Waals surface area contributed by atoms with Crippen LogP contribution in [0.2, 0.25) is 0 Å². The Morgan fingerprint density at radius 2 is 1.91 bits per heavy atom. The van der Waals surface area contributed by atoms with Gasteiger partial charge in [0.2, 0.25) is 0 Å². The van der Waals surface area contributed by atoms with Gasteiger partial charge in [0.25, 0.3) is 0 Å². The summed E-state index contributed by atoms with van der Waals surface area (Å²) in [6.45, 7) is 1.91. The highest BCUT2D eigenvalue weighted by molar-refractivity contribution is 4.91. The molecular weight excluding hydrogens is 140 g/mol. The van der Waals surface area contributed by atoms with E-state index in [9.17, 15) is 0 Å². The molecule has 3 nitrogen and oxygen atoms in total. The van der Waals surface area contributed by atoms with E-state index in [2.05, 4.69) is 5.11 Å². The SMILES string of the molecule is N=NC1CCC2(CC1)COC2. The Morgan fingerprint density at radius 1 is 1.27 bits per heavy atom. The first-order valence-corrected chi connectivity index (χ1v) is 4.29. The molecule has 11 heavy (non-hydrogen) atoms. The van der Waals surface area contributed by atoms with E-state index < -0.39 is 0 Å². The van der Waals surface area contributed by atoms with Gasteiger partial charge in [-0.15, -0.1) is 0 Å². The lowest BCUT2D eigenvalue weighted by molar-refractivity contribution is -0.132. The van der Waals surface area contributed by atoms with Crippen LogP contribution in [0.4, 0.5) is 0 Å². The Kier molecular flexibility index (Phi) is 1.68. The lowest BCUT2D eigenvalue weighted by Crippen LogP contribution is -2.45. The Bertz CT molecular complexity index is 155. The fourth-order valence-corrected chi connectivity index (χ4v) is 2.02. The molecule has 1 heterocycles. The number of hydrogen-bond donors (Lipinski definition) is 1. The van der Waals surface area contributed by atoms with Crippen LogP contribution >= 0.6 is 0 Å². The molecule has 62 valence electrons. The normalized spacial score (nSPS) is 29.8. The Hall–Kier alpha value is -0.440. The first kappa shape index (κ1) is 7.22. The summed E-state index contributed by atoms with van der Waals surface area (Å²) in [5.74, 6) is 0. The largest absolute Gasteiger partial charge is 0.380 e.